The van der Waals surface area contributed by atoms with E-state index >= 15 is 0 Å². The number of tetrazole rings is 1. The molecule has 0 aliphatic carbocycles. The van der Waals surface area contributed by atoms with Crippen molar-refractivity contribution in [2.45, 2.75) is 6.92 Å². The fourth-order valence-corrected chi connectivity index (χ4v) is 1.29. The summed E-state index contributed by atoms with van der Waals surface area (Å²) in [5, 5.41) is 10.8. The quantitative estimate of drug-likeness (QED) is 0.653. The van der Waals surface area contributed by atoms with Crippen molar-refractivity contribution in [2.75, 3.05) is 0 Å². The maximum atomic E-state index is 10.7. The van der Waals surface area contributed by atoms with Crippen LogP contribution >= 0.6 is 0 Å². The van der Waals surface area contributed by atoms with Crippen LogP contribution in [-0.2, 0) is 0 Å². The lowest BCUT2D eigenvalue weighted by Gasteiger charge is -2.05. The summed E-state index contributed by atoms with van der Waals surface area (Å²) in [6.07, 6.45) is 2.32. The van der Waals surface area contributed by atoms with E-state index < -0.39 is 0 Å². The smallest absolute Gasteiger partial charge is 0.150 e. The van der Waals surface area contributed by atoms with Gasteiger partial charge in [-0.15, -0.1) is 5.10 Å². The lowest BCUT2D eigenvalue weighted by atomic mass is 10.1. The van der Waals surface area contributed by atoms with Gasteiger partial charge < -0.3 is 0 Å². The molecule has 1 aromatic carbocycles. The summed E-state index contributed by atoms with van der Waals surface area (Å²) in [6, 6.07) is 5.42. The minimum Gasteiger partial charge on any atom is -0.298 e. The Morgan fingerprint density at radius 3 is 2.93 bits per heavy atom. The largest absolute Gasteiger partial charge is 0.298 e. The summed E-state index contributed by atoms with van der Waals surface area (Å²) < 4.78 is 1.53. The van der Waals surface area contributed by atoms with Gasteiger partial charge in [-0.2, -0.15) is 0 Å². The van der Waals surface area contributed by atoms with Gasteiger partial charge >= 0.3 is 0 Å². The Balaban J connectivity index is 2.60. The lowest BCUT2D eigenvalue weighted by molar-refractivity contribution is 0.112. The number of rotatable bonds is 2. The number of hydrogen-bond acceptors (Lipinski definition) is 4. The first-order valence-electron chi connectivity index (χ1n) is 4.11. The molecule has 0 N–H and O–H groups in total. The molecule has 0 unspecified atom stereocenters. The lowest BCUT2D eigenvalue weighted by Crippen LogP contribution is -2.00. The number of aromatic nitrogens is 4. The van der Waals surface area contributed by atoms with Gasteiger partial charge in [0.05, 0.1) is 5.69 Å². The van der Waals surface area contributed by atoms with Crippen molar-refractivity contribution in [3.63, 3.8) is 0 Å². The van der Waals surface area contributed by atoms with E-state index in [0.29, 0.717) is 5.56 Å². The standard InChI is InChI=1S/C9H8N4O/c1-7-8(5-14)3-2-4-9(7)13-6-10-11-12-13/h2-6H,1H3. The molecule has 0 amide bonds. The fraction of sp³-hybridized carbons (Fsp3) is 0.111. The predicted octanol–water partition coefficient (Wildman–Crippen LogP) is 0.783. The molecule has 0 bridgehead atoms. The molecule has 0 saturated carbocycles. The molecule has 0 fully saturated rings. The second-order valence-electron chi connectivity index (χ2n) is 2.86. The summed E-state index contributed by atoms with van der Waals surface area (Å²) in [4.78, 5) is 10.7. The van der Waals surface area contributed by atoms with E-state index in [-0.39, 0.29) is 0 Å². The van der Waals surface area contributed by atoms with Crippen molar-refractivity contribution in [1.29, 1.82) is 0 Å². The zero-order valence-electron chi connectivity index (χ0n) is 7.58. The van der Waals surface area contributed by atoms with Crippen molar-refractivity contribution < 1.29 is 4.79 Å². The molecule has 2 rings (SSSR count). The number of carbonyl (C=O) groups excluding carboxylic acids is 1. The Morgan fingerprint density at radius 2 is 2.29 bits per heavy atom. The van der Waals surface area contributed by atoms with Gasteiger partial charge in [0.15, 0.2) is 0 Å². The van der Waals surface area contributed by atoms with Crippen LogP contribution in [0.5, 0.6) is 0 Å². The highest BCUT2D eigenvalue weighted by molar-refractivity contribution is 5.78. The van der Waals surface area contributed by atoms with Crippen molar-refractivity contribution in [3.05, 3.63) is 35.7 Å². The van der Waals surface area contributed by atoms with Crippen LogP contribution in [-0.4, -0.2) is 26.5 Å². The van der Waals surface area contributed by atoms with Gasteiger partial charge in [0.2, 0.25) is 0 Å². The van der Waals surface area contributed by atoms with E-state index in [2.05, 4.69) is 15.5 Å². The number of hydrogen-bond donors (Lipinski definition) is 0. The third-order valence-corrected chi connectivity index (χ3v) is 2.07. The topological polar surface area (TPSA) is 60.7 Å². The predicted molar refractivity (Wildman–Crippen MR) is 49.3 cm³/mol. The van der Waals surface area contributed by atoms with Gasteiger partial charge in [0.25, 0.3) is 0 Å². The fourth-order valence-electron chi connectivity index (χ4n) is 1.29. The van der Waals surface area contributed by atoms with Gasteiger partial charge in [-0.3, -0.25) is 4.79 Å². The minimum absolute atomic E-state index is 0.651. The molecule has 0 radical (unpaired) electrons. The second-order valence-corrected chi connectivity index (χ2v) is 2.86. The van der Waals surface area contributed by atoms with E-state index in [1.807, 2.05) is 13.0 Å². The first kappa shape index (κ1) is 8.55. The monoisotopic (exact) mass is 188 g/mol. The third-order valence-electron chi connectivity index (χ3n) is 2.07. The minimum atomic E-state index is 0.651. The molecule has 70 valence electrons. The molecule has 1 aromatic heterocycles. The van der Waals surface area contributed by atoms with Crippen molar-refractivity contribution >= 4 is 6.29 Å². The van der Waals surface area contributed by atoms with E-state index in [0.717, 1.165) is 17.5 Å². The Kier molecular flexibility index (Phi) is 2.06. The maximum absolute atomic E-state index is 10.7. The van der Waals surface area contributed by atoms with Crippen molar-refractivity contribution in [1.82, 2.24) is 20.2 Å². The van der Waals surface area contributed by atoms with Crippen LogP contribution in [0.1, 0.15) is 15.9 Å². The van der Waals surface area contributed by atoms with Crippen LogP contribution in [0.15, 0.2) is 24.5 Å². The molecule has 5 nitrogen and oxygen atoms in total. The highest BCUT2D eigenvalue weighted by atomic mass is 16.1. The van der Waals surface area contributed by atoms with Crippen LogP contribution in [0.2, 0.25) is 0 Å². The summed E-state index contributed by atoms with van der Waals surface area (Å²) in [5.41, 5.74) is 2.34. The zero-order chi connectivity index (χ0) is 9.97. The van der Waals surface area contributed by atoms with Gasteiger partial charge in [0, 0.05) is 5.56 Å². The molecule has 2 aromatic rings. The molecule has 0 aliphatic rings. The van der Waals surface area contributed by atoms with Gasteiger partial charge in [-0.25, -0.2) is 4.68 Å². The molecule has 0 spiro atoms. The summed E-state index contributed by atoms with van der Waals surface area (Å²) in [7, 11) is 0. The van der Waals surface area contributed by atoms with Crippen molar-refractivity contribution in [2.24, 2.45) is 0 Å². The molecular formula is C9H8N4O. The zero-order valence-corrected chi connectivity index (χ0v) is 7.58. The van der Waals surface area contributed by atoms with Crippen LogP contribution < -0.4 is 0 Å². The van der Waals surface area contributed by atoms with Crippen LogP contribution in [0.4, 0.5) is 0 Å². The summed E-state index contributed by atoms with van der Waals surface area (Å²) in [5.74, 6) is 0. The first-order chi connectivity index (χ1) is 6.83. The van der Waals surface area contributed by atoms with Gasteiger partial charge in [-0.05, 0) is 29.0 Å². The molecule has 1 heterocycles. The maximum Gasteiger partial charge on any atom is 0.150 e. The normalized spacial score (nSPS) is 10.1. The van der Waals surface area contributed by atoms with E-state index in [1.165, 1.54) is 11.0 Å². The number of carbonyl (C=O) groups is 1. The second kappa shape index (κ2) is 3.37. The Labute approximate surface area is 80.4 Å². The Hall–Kier alpha value is -2.04. The average Bonchev–Trinajstić information content (AvgIpc) is 2.71. The summed E-state index contributed by atoms with van der Waals surface area (Å²) >= 11 is 0. The van der Waals surface area contributed by atoms with Crippen LogP contribution in [0.3, 0.4) is 0 Å². The van der Waals surface area contributed by atoms with Crippen LogP contribution in [0.25, 0.3) is 5.69 Å². The van der Waals surface area contributed by atoms with Crippen molar-refractivity contribution in [3.8, 4) is 5.69 Å². The van der Waals surface area contributed by atoms with Gasteiger partial charge in [0.1, 0.15) is 12.6 Å². The van der Waals surface area contributed by atoms with E-state index in [9.17, 15) is 4.79 Å². The van der Waals surface area contributed by atoms with Crippen LogP contribution in [0, 0.1) is 6.92 Å². The number of nitrogens with zero attached hydrogens (tertiary/aromatic N) is 4. The molecule has 0 atom stereocenters. The highest BCUT2D eigenvalue weighted by Gasteiger charge is 2.05. The van der Waals surface area contributed by atoms with E-state index in [4.69, 9.17) is 0 Å². The Morgan fingerprint density at radius 1 is 1.43 bits per heavy atom. The molecule has 0 aliphatic heterocycles. The molecular weight excluding hydrogens is 180 g/mol. The molecule has 0 saturated heterocycles. The third kappa shape index (κ3) is 1.28. The SMILES string of the molecule is Cc1c(C=O)cccc1-n1cnnn1. The molecule has 5 heteroatoms. The Bertz CT molecular complexity index is 450. The number of benzene rings is 1. The first-order valence-corrected chi connectivity index (χ1v) is 4.11. The summed E-state index contributed by atoms with van der Waals surface area (Å²) in [6.45, 7) is 1.86. The molecule has 14 heavy (non-hydrogen) atoms. The highest BCUT2D eigenvalue weighted by Crippen LogP contribution is 2.14. The average molecular weight is 188 g/mol. The number of aldehydes is 1. The van der Waals surface area contributed by atoms with Gasteiger partial charge in [-0.1, -0.05) is 12.1 Å². The van der Waals surface area contributed by atoms with E-state index in [1.54, 1.807) is 12.1 Å².